The number of hydrogen-bond donors (Lipinski definition) is 0. The smallest absolute Gasteiger partial charge is 0.238 e. The van der Waals surface area contributed by atoms with Crippen molar-refractivity contribution in [3.05, 3.63) is 47.0 Å². The van der Waals surface area contributed by atoms with E-state index in [1.165, 1.54) is 11.0 Å². The molecule has 0 aromatic heterocycles. The monoisotopic (exact) mass is 330 g/mol. The number of halogens is 1. The summed E-state index contributed by atoms with van der Waals surface area (Å²) in [7, 11) is 0. The largest absolute Gasteiger partial charge is 0.545 e. The third kappa shape index (κ3) is 2.92. The SMILES string of the molecule is O=C([O-])/C=C/c1cccc(N2C(=O)[C@H]3CC=C(Cl)C[C@@H]3C2=O)c1. The van der Waals surface area contributed by atoms with Gasteiger partial charge in [0.2, 0.25) is 11.8 Å². The molecule has 0 unspecified atom stereocenters. The van der Waals surface area contributed by atoms with Crippen LogP contribution in [0.25, 0.3) is 6.08 Å². The van der Waals surface area contributed by atoms with E-state index in [1.807, 2.05) is 0 Å². The van der Waals surface area contributed by atoms with Crippen molar-refractivity contribution in [1.82, 2.24) is 0 Å². The average molecular weight is 331 g/mol. The first-order valence-corrected chi connectivity index (χ1v) is 7.56. The summed E-state index contributed by atoms with van der Waals surface area (Å²) in [6.07, 6.45) is 4.90. The highest BCUT2D eigenvalue weighted by atomic mass is 35.5. The number of carbonyl (C=O) groups excluding carboxylic acids is 3. The van der Waals surface area contributed by atoms with Gasteiger partial charge in [-0.05, 0) is 36.6 Å². The summed E-state index contributed by atoms with van der Waals surface area (Å²) < 4.78 is 0. The minimum atomic E-state index is -1.31. The first-order valence-electron chi connectivity index (χ1n) is 7.19. The van der Waals surface area contributed by atoms with Gasteiger partial charge in [-0.1, -0.05) is 35.9 Å². The maximum atomic E-state index is 12.6. The summed E-state index contributed by atoms with van der Waals surface area (Å²) >= 11 is 5.99. The molecule has 2 atom stereocenters. The van der Waals surface area contributed by atoms with Crippen molar-refractivity contribution >= 4 is 41.1 Å². The van der Waals surface area contributed by atoms with Crippen molar-refractivity contribution in [2.24, 2.45) is 11.8 Å². The van der Waals surface area contributed by atoms with Crippen LogP contribution in [0.5, 0.6) is 0 Å². The van der Waals surface area contributed by atoms with Crippen molar-refractivity contribution in [3.8, 4) is 0 Å². The van der Waals surface area contributed by atoms with Gasteiger partial charge in [-0.2, -0.15) is 0 Å². The minimum Gasteiger partial charge on any atom is -0.545 e. The number of amides is 2. The molecule has 6 heteroatoms. The molecule has 0 N–H and O–H groups in total. The molecule has 1 aromatic carbocycles. The predicted molar refractivity (Wildman–Crippen MR) is 83.1 cm³/mol. The van der Waals surface area contributed by atoms with Crippen LogP contribution >= 0.6 is 11.6 Å². The Labute approximate surface area is 137 Å². The molecule has 1 aromatic rings. The fraction of sp³-hybridized carbons (Fsp3) is 0.235. The van der Waals surface area contributed by atoms with Crippen LogP contribution in [-0.4, -0.2) is 17.8 Å². The van der Waals surface area contributed by atoms with Crippen LogP contribution in [0.3, 0.4) is 0 Å². The Hall–Kier alpha value is -2.40. The minimum absolute atomic E-state index is 0.235. The van der Waals surface area contributed by atoms with E-state index in [4.69, 9.17) is 11.6 Å². The first kappa shape index (κ1) is 15.5. The number of carboxylic acid groups (broad SMARTS) is 1. The summed E-state index contributed by atoms with van der Waals surface area (Å²) in [5, 5.41) is 11.1. The molecule has 0 radical (unpaired) electrons. The number of anilines is 1. The number of nitrogens with zero attached hydrogens (tertiary/aromatic N) is 1. The predicted octanol–water partition coefficient (Wildman–Crippen LogP) is 1.47. The molecular weight excluding hydrogens is 318 g/mol. The standard InChI is InChI=1S/C17H14ClNO4/c18-11-5-6-13-14(9-11)17(23)19(16(13)22)12-3-1-2-10(8-12)4-7-15(20)21/h1-5,7-8,13-14H,6,9H2,(H,20,21)/p-1/b7-4+/t13-,14-/m0/s1. The lowest BCUT2D eigenvalue weighted by Gasteiger charge is -2.17. The molecule has 23 heavy (non-hydrogen) atoms. The lowest BCUT2D eigenvalue weighted by Crippen LogP contribution is -2.30. The molecule has 2 amide bonds. The second kappa shape index (κ2) is 6.01. The van der Waals surface area contributed by atoms with Gasteiger partial charge in [0, 0.05) is 5.03 Å². The van der Waals surface area contributed by atoms with Gasteiger partial charge < -0.3 is 9.90 Å². The maximum absolute atomic E-state index is 12.6. The van der Waals surface area contributed by atoms with Crippen LogP contribution in [0.2, 0.25) is 0 Å². The van der Waals surface area contributed by atoms with E-state index in [1.54, 1.807) is 30.3 Å². The molecule has 5 nitrogen and oxygen atoms in total. The van der Waals surface area contributed by atoms with Gasteiger partial charge in [0.05, 0.1) is 23.5 Å². The molecule has 0 bridgehead atoms. The van der Waals surface area contributed by atoms with Crippen LogP contribution in [0, 0.1) is 11.8 Å². The van der Waals surface area contributed by atoms with E-state index in [-0.39, 0.29) is 17.7 Å². The van der Waals surface area contributed by atoms with E-state index in [9.17, 15) is 19.5 Å². The van der Waals surface area contributed by atoms with Crippen molar-refractivity contribution < 1.29 is 19.5 Å². The van der Waals surface area contributed by atoms with E-state index in [0.29, 0.717) is 29.1 Å². The number of rotatable bonds is 3. The lowest BCUT2D eigenvalue weighted by molar-refractivity contribution is -0.297. The van der Waals surface area contributed by atoms with Crippen molar-refractivity contribution in [3.63, 3.8) is 0 Å². The third-order valence-corrected chi connectivity index (χ3v) is 4.42. The van der Waals surface area contributed by atoms with Gasteiger partial charge in [0.15, 0.2) is 0 Å². The molecule has 1 aliphatic heterocycles. The highest BCUT2D eigenvalue weighted by molar-refractivity contribution is 6.30. The number of carbonyl (C=O) groups is 3. The Morgan fingerprint density at radius 3 is 2.74 bits per heavy atom. The maximum Gasteiger partial charge on any atom is 0.238 e. The van der Waals surface area contributed by atoms with Gasteiger partial charge in [-0.15, -0.1) is 0 Å². The molecule has 0 saturated carbocycles. The number of hydrogen-bond acceptors (Lipinski definition) is 4. The van der Waals surface area contributed by atoms with Crippen LogP contribution in [0.4, 0.5) is 5.69 Å². The average Bonchev–Trinajstić information content (AvgIpc) is 2.76. The molecule has 1 heterocycles. The summed E-state index contributed by atoms with van der Waals surface area (Å²) in [4.78, 5) is 36.8. The molecule has 3 rings (SSSR count). The van der Waals surface area contributed by atoms with Gasteiger partial charge in [-0.25, -0.2) is 0 Å². The van der Waals surface area contributed by atoms with E-state index in [0.717, 1.165) is 6.08 Å². The second-order valence-electron chi connectivity index (χ2n) is 5.56. The molecule has 2 aliphatic rings. The number of carboxylic acids is 1. The molecule has 0 spiro atoms. The zero-order valence-electron chi connectivity index (χ0n) is 12.1. The fourth-order valence-electron chi connectivity index (χ4n) is 3.01. The second-order valence-corrected chi connectivity index (χ2v) is 6.05. The van der Waals surface area contributed by atoms with Crippen LogP contribution in [0.1, 0.15) is 18.4 Å². The van der Waals surface area contributed by atoms with Gasteiger partial charge in [0.1, 0.15) is 0 Å². The van der Waals surface area contributed by atoms with Gasteiger partial charge in [0.25, 0.3) is 0 Å². The zero-order valence-corrected chi connectivity index (χ0v) is 12.8. The summed E-state index contributed by atoms with van der Waals surface area (Å²) in [6, 6.07) is 6.59. The number of aliphatic carboxylic acids is 1. The van der Waals surface area contributed by atoms with Gasteiger partial charge >= 0.3 is 0 Å². The Balaban J connectivity index is 1.91. The van der Waals surface area contributed by atoms with Crippen LogP contribution < -0.4 is 10.0 Å². The van der Waals surface area contributed by atoms with Crippen molar-refractivity contribution in [1.29, 1.82) is 0 Å². The number of benzene rings is 1. The van der Waals surface area contributed by atoms with Crippen LogP contribution in [0.15, 0.2) is 41.4 Å². The highest BCUT2D eigenvalue weighted by Crippen LogP contribution is 2.40. The molecule has 1 saturated heterocycles. The van der Waals surface area contributed by atoms with Crippen molar-refractivity contribution in [2.75, 3.05) is 4.90 Å². The molecular formula is C17H13ClNO4-. The topological polar surface area (TPSA) is 77.5 Å². The lowest BCUT2D eigenvalue weighted by atomic mass is 9.85. The Bertz CT molecular complexity index is 753. The molecule has 118 valence electrons. The summed E-state index contributed by atoms with van der Waals surface area (Å²) in [5.41, 5.74) is 1.00. The zero-order chi connectivity index (χ0) is 16.6. The highest BCUT2D eigenvalue weighted by Gasteiger charge is 2.48. The summed E-state index contributed by atoms with van der Waals surface area (Å²) in [6.45, 7) is 0. The Kier molecular flexibility index (Phi) is 4.05. The Morgan fingerprint density at radius 1 is 1.26 bits per heavy atom. The van der Waals surface area contributed by atoms with E-state index in [2.05, 4.69) is 0 Å². The normalized spacial score (nSPS) is 24.0. The molecule has 1 fully saturated rings. The van der Waals surface area contributed by atoms with Crippen molar-refractivity contribution in [2.45, 2.75) is 12.8 Å². The van der Waals surface area contributed by atoms with Gasteiger partial charge in [-0.3, -0.25) is 14.5 Å². The first-order chi connectivity index (χ1) is 11.0. The molecule has 1 aliphatic carbocycles. The Morgan fingerprint density at radius 2 is 2.00 bits per heavy atom. The van der Waals surface area contributed by atoms with E-state index >= 15 is 0 Å². The summed E-state index contributed by atoms with van der Waals surface area (Å²) in [5.74, 6) is -2.58. The van der Waals surface area contributed by atoms with Crippen LogP contribution in [-0.2, 0) is 14.4 Å². The van der Waals surface area contributed by atoms with E-state index < -0.39 is 11.9 Å². The number of fused-ring (bicyclic) bond motifs is 1. The third-order valence-electron chi connectivity index (χ3n) is 4.11. The number of imide groups is 1. The quantitative estimate of drug-likeness (QED) is 0.621. The fourth-order valence-corrected chi connectivity index (χ4v) is 3.27. The number of allylic oxidation sites excluding steroid dienone is 2.